The minimum absolute atomic E-state index is 0.0795. The molecule has 0 aliphatic rings. The number of hydrogen-bond acceptors (Lipinski definition) is 6. The van der Waals surface area contributed by atoms with Crippen LogP contribution in [0.3, 0.4) is 0 Å². The van der Waals surface area contributed by atoms with Crippen LogP contribution < -0.4 is 5.56 Å². The largest absolute Gasteiger partial charge is 0.295 e. The van der Waals surface area contributed by atoms with Crippen LogP contribution in [-0.4, -0.2) is 25.3 Å². The molecule has 10 heteroatoms. The lowest BCUT2D eigenvalue weighted by Crippen LogP contribution is -2.19. The molecular weight excluding hydrogens is 378 g/mol. The van der Waals surface area contributed by atoms with E-state index < -0.39 is 9.85 Å². The molecule has 148 valence electrons. The van der Waals surface area contributed by atoms with Gasteiger partial charge in [-0.2, -0.15) is 0 Å². The number of benzene rings is 2. The van der Waals surface area contributed by atoms with E-state index in [1.807, 2.05) is 0 Å². The van der Waals surface area contributed by atoms with E-state index in [4.69, 9.17) is 0 Å². The van der Waals surface area contributed by atoms with Gasteiger partial charge in [0.2, 0.25) is 0 Å². The number of aryl methyl sites for hydroxylation is 2. The fourth-order valence-corrected chi connectivity index (χ4v) is 2.95. The van der Waals surface area contributed by atoms with Crippen LogP contribution in [0.1, 0.15) is 23.7 Å². The molecule has 10 nitrogen and oxygen atoms in total. The topological polar surface area (TPSA) is 136 Å². The summed E-state index contributed by atoms with van der Waals surface area (Å²) in [6.07, 6.45) is 0. The second kappa shape index (κ2) is 7.50. The molecule has 1 heterocycles. The highest BCUT2D eigenvalue weighted by atomic mass is 16.6. The Morgan fingerprint density at radius 3 is 2.17 bits per heavy atom. The van der Waals surface area contributed by atoms with Gasteiger partial charge in [0.15, 0.2) is 0 Å². The minimum atomic E-state index is -0.518. The molecule has 0 saturated carbocycles. The number of nitro groups is 2. The van der Waals surface area contributed by atoms with Crippen molar-refractivity contribution in [2.45, 2.75) is 20.8 Å². The molecule has 0 atom stereocenters. The highest BCUT2D eigenvalue weighted by Gasteiger charge is 2.17. The summed E-state index contributed by atoms with van der Waals surface area (Å²) in [5, 5.41) is 24.7. The van der Waals surface area contributed by atoms with Crippen molar-refractivity contribution in [1.29, 1.82) is 0 Å². The average Bonchev–Trinajstić information content (AvgIpc) is 2.97. The zero-order chi connectivity index (χ0) is 21.3. The maximum absolute atomic E-state index is 12.9. The number of nitro benzene ring substituents is 2. The molecule has 29 heavy (non-hydrogen) atoms. The predicted octanol–water partition coefficient (Wildman–Crippen LogP) is 3.74. The van der Waals surface area contributed by atoms with E-state index in [0.717, 1.165) is 5.56 Å². The summed E-state index contributed by atoms with van der Waals surface area (Å²) in [6, 6.07) is 9.91. The molecule has 0 aliphatic carbocycles. The zero-order valence-corrected chi connectivity index (χ0v) is 15.9. The Bertz CT molecular complexity index is 1200. The van der Waals surface area contributed by atoms with Crippen molar-refractivity contribution in [1.82, 2.24) is 9.78 Å². The van der Waals surface area contributed by atoms with Crippen molar-refractivity contribution < 1.29 is 9.85 Å². The van der Waals surface area contributed by atoms with Gasteiger partial charge in [0.05, 0.1) is 32.5 Å². The number of aromatic amines is 1. The number of H-pyrrole nitrogens is 1. The predicted molar refractivity (Wildman–Crippen MR) is 107 cm³/mol. The molecule has 1 N–H and O–H groups in total. The number of rotatable bonds is 5. The number of nitrogens with one attached hydrogen (secondary N) is 1. The Balaban J connectivity index is 2.05. The van der Waals surface area contributed by atoms with Crippen LogP contribution in [0.25, 0.3) is 5.69 Å². The molecule has 1 aromatic heterocycles. The monoisotopic (exact) mass is 395 g/mol. The second-order valence-corrected chi connectivity index (χ2v) is 6.45. The first-order valence-corrected chi connectivity index (χ1v) is 8.56. The summed E-state index contributed by atoms with van der Waals surface area (Å²) < 4.78 is 1.27. The fraction of sp³-hybridized carbons (Fsp3) is 0.158. The summed E-state index contributed by atoms with van der Waals surface area (Å²) in [6.45, 7) is 5.13. The first kappa shape index (κ1) is 19.7. The van der Waals surface area contributed by atoms with E-state index >= 15 is 0 Å². The van der Waals surface area contributed by atoms with Crippen LogP contribution in [0.5, 0.6) is 0 Å². The van der Waals surface area contributed by atoms with Gasteiger partial charge in [-0.05, 0) is 38.5 Å². The zero-order valence-electron chi connectivity index (χ0n) is 15.9. The van der Waals surface area contributed by atoms with E-state index in [1.165, 1.54) is 41.1 Å². The van der Waals surface area contributed by atoms with Crippen molar-refractivity contribution in [3.05, 3.63) is 89.9 Å². The van der Waals surface area contributed by atoms with Crippen molar-refractivity contribution in [2.24, 2.45) is 4.99 Å². The van der Waals surface area contributed by atoms with Crippen LogP contribution >= 0.6 is 0 Å². The van der Waals surface area contributed by atoms with Crippen LogP contribution in [0.2, 0.25) is 0 Å². The molecular formula is C19H17N5O5. The molecule has 0 saturated heterocycles. The van der Waals surface area contributed by atoms with Gasteiger partial charge in [-0.15, -0.1) is 0 Å². The van der Waals surface area contributed by atoms with Crippen molar-refractivity contribution in [3.8, 4) is 5.69 Å². The third-order valence-electron chi connectivity index (χ3n) is 4.44. The summed E-state index contributed by atoms with van der Waals surface area (Å²) in [7, 11) is 0. The lowest BCUT2D eigenvalue weighted by Gasteiger charge is -2.03. The SMILES string of the molecule is CC(=Nc1cc([N+](=O)[O-])ccc1C)c1c(C)[nH]n(-c2ccc([N+](=O)[O-])cc2)c1=O. The lowest BCUT2D eigenvalue weighted by atomic mass is 10.1. The molecule has 3 aromatic rings. The molecule has 2 aromatic carbocycles. The fourth-order valence-electron chi connectivity index (χ4n) is 2.95. The van der Waals surface area contributed by atoms with Crippen LogP contribution in [0.15, 0.2) is 52.3 Å². The van der Waals surface area contributed by atoms with Crippen LogP contribution in [0, 0.1) is 34.1 Å². The standard InChI is InChI=1S/C19H17N5O5/c1-11-4-5-16(24(28)29)10-17(11)20-12(2)18-13(3)21-22(19(18)25)14-6-8-15(9-7-14)23(26)27/h4-10,21H,1-3H3. The van der Waals surface area contributed by atoms with Crippen molar-refractivity contribution >= 4 is 22.8 Å². The molecule has 0 aliphatic heterocycles. The molecule has 0 fully saturated rings. The first-order valence-electron chi connectivity index (χ1n) is 8.56. The van der Waals surface area contributed by atoms with Gasteiger partial charge >= 0.3 is 0 Å². The molecule has 0 unspecified atom stereocenters. The highest BCUT2D eigenvalue weighted by Crippen LogP contribution is 2.25. The molecule has 0 spiro atoms. The van der Waals surface area contributed by atoms with E-state index in [9.17, 15) is 25.0 Å². The van der Waals surface area contributed by atoms with Crippen molar-refractivity contribution in [3.63, 3.8) is 0 Å². The van der Waals surface area contributed by atoms with Gasteiger partial charge < -0.3 is 0 Å². The smallest absolute Gasteiger partial charge is 0.280 e. The third-order valence-corrected chi connectivity index (χ3v) is 4.44. The van der Waals surface area contributed by atoms with Crippen molar-refractivity contribution in [2.75, 3.05) is 0 Å². The number of aromatic nitrogens is 2. The van der Waals surface area contributed by atoms with Gasteiger partial charge in [0.1, 0.15) is 0 Å². The van der Waals surface area contributed by atoms with E-state index in [2.05, 4.69) is 10.1 Å². The lowest BCUT2D eigenvalue weighted by molar-refractivity contribution is -0.385. The molecule has 0 amide bonds. The molecule has 3 rings (SSSR count). The van der Waals surface area contributed by atoms with Crippen LogP contribution in [-0.2, 0) is 0 Å². The summed E-state index contributed by atoms with van der Waals surface area (Å²) in [5.74, 6) is 0. The van der Waals surface area contributed by atoms with Gasteiger partial charge in [0, 0.05) is 30.0 Å². The average molecular weight is 395 g/mol. The minimum Gasteiger partial charge on any atom is -0.295 e. The number of nitrogens with zero attached hydrogens (tertiary/aromatic N) is 4. The van der Waals surface area contributed by atoms with Gasteiger partial charge in [0.25, 0.3) is 16.9 Å². The highest BCUT2D eigenvalue weighted by molar-refractivity contribution is 6.01. The summed E-state index contributed by atoms with van der Waals surface area (Å²) >= 11 is 0. The Labute approximate surface area is 164 Å². The Hall–Kier alpha value is -4.08. The number of hydrogen-bond donors (Lipinski definition) is 1. The second-order valence-electron chi connectivity index (χ2n) is 6.45. The normalized spacial score (nSPS) is 11.5. The Kier molecular flexibility index (Phi) is 5.09. The Morgan fingerprint density at radius 2 is 1.59 bits per heavy atom. The Morgan fingerprint density at radius 1 is 1.00 bits per heavy atom. The summed E-state index contributed by atoms with van der Waals surface area (Å²) in [4.78, 5) is 38.1. The van der Waals surface area contributed by atoms with E-state index in [0.29, 0.717) is 28.3 Å². The number of aliphatic imine (C=N–C) groups is 1. The van der Waals surface area contributed by atoms with Gasteiger partial charge in [-0.25, -0.2) is 4.68 Å². The molecule has 0 bridgehead atoms. The first-order chi connectivity index (χ1) is 13.7. The molecule has 0 radical (unpaired) electrons. The number of non-ortho nitro benzene ring substituents is 2. The maximum Gasteiger partial charge on any atom is 0.280 e. The third kappa shape index (κ3) is 3.81. The van der Waals surface area contributed by atoms with Crippen LogP contribution in [0.4, 0.5) is 17.1 Å². The van der Waals surface area contributed by atoms with Gasteiger partial charge in [-0.3, -0.25) is 35.1 Å². The van der Waals surface area contributed by atoms with E-state index in [-0.39, 0.29) is 16.9 Å². The quantitative estimate of drug-likeness (QED) is 0.398. The maximum atomic E-state index is 12.9. The summed E-state index contributed by atoms with van der Waals surface area (Å²) in [5.41, 5.74) is 2.31. The van der Waals surface area contributed by atoms with Gasteiger partial charge in [-0.1, -0.05) is 6.07 Å². The van der Waals surface area contributed by atoms with E-state index in [1.54, 1.807) is 26.8 Å².